The molecule has 0 aliphatic rings. The van der Waals surface area contributed by atoms with Crippen LogP contribution in [0.3, 0.4) is 0 Å². The monoisotopic (exact) mass is 177 g/mol. The van der Waals surface area contributed by atoms with Gasteiger partial charge in [0.05, 0.1) is 13.2 Å². The Labute approximate surface area is 79.3 Å². The number of ether oxygens (including phenoxy) is 1. The van der Waals surface area contributed by atoms with Crippen LogP contribution in [0.25, 0.3) is 0 Å². The maximum absolute atomic E-state index is 5.44. The van der Waals surface area contributed by atoms with E-state index < -0.39 is 0 Å². The normalized spacial score (nSPS) is 11.7. The van der Waals surface area contributed by atoms with Crippen molar-refractivity contribution in [3.8, 4) is 0 Å². The molecule has 0 spiro atoms. The van der Waals surface area contributed by atoms with Gasteiger partial charge < -0.3 is 4.74 Å². The Morgan fingerprint density at radius 1 is 1.31 bits per heavy atom. The molecule has 0 bridgehead atoms. The summed E-state index contributed by atoms with van der Waals surface area (Å²) >= 11 is 0. The molecule has 0 aromatic heterocycles. The predicted molar refractivity (Wildman–Crippen MR) is 55.1 cm³/mol. The van der Waals surface area contributed by atoms with Gasteiger partial charge in [0.25, 0.3) is 0 Å². The molecule has 0 atom stereocenters. The van der Waals surface area contributed by atoms with E-state index in [-0.39, 0.29) is 0 Å². The fourth-order valence-corrected chi connectivity index (χ4v) is 0.955. The van der Waals surface area contributed by atoms with Crippen molar-refractivity contribution in [2.24, 2.45) is 4.99 Å². The highest BCUT2D eigenvalue weighted by atomic mass is 16.5. The Morgan fingerprint density at radius 2 is 2.00 bits per heavy atom. The second kappa shape index (κ2) is 5.49. The minimum atomic E-state index is 0.616. The van der Waals surface area contributed by atoms with Crippen molar-refractivity contribution in [2.75, 3.05) is 13.7 Å². The average molecular weight is 177 g/mol. The third-order valence-electron chi connectivity index (χ3n) is 1.80. The second-order valence-electron chi connectivity index (χ2n) is 2.94. The second-order valence-corrected chi connectivity index (χ2v) is 2.94. The minimum absolute atomic E-state index is 0.616. The zero-order chi connectivity index (χ0) is 9.52. The summed E-state index contributed by atoms with van der Waals surface area (Å²) in [6, 6.07) is 10.1. The number of hydrogen-bond donors (Lipinski definition) is 0. The van der Waals surface area contributed by atoms with Crippen LogP contribution in [-0.2, 0) is 11.3 Å². The molecule has 1 aromatic carbocycles. The molecule has 13 heavy (non-hydrogen) atoms. The number of hydrogen-bond acceptors (Lipinski definition) is 2. The van der Waals surface area contributed by atoms with Crippen LogP contribution in [0.1, 0.15) is 12.5 Å². The van der Waals surface area contributed by atoms with Crippen LogP contribution in [-0.4, -0.2) is 19.4 Å². The molecule has 2 heteroatoms. The SMILES string of the molecule is C/N=C(/C)COCc1ccccc1. The maximum Gasteiger partial charge on any atom is 0.0845 e. The van der Waals surface area contributed by atoms with E-state index in [4.69, 9.17) is 4.74 Å². The molecule has 0 heterocycles. The molecule has 0 N–H and O–H groups in total. The molecule has 0 amide bonds. The molecule has 0 saturated heterocycles. The zero-order valence-electron chi connectivity index (χ0n) is 8.16. The zero-order valence-corrected chi connectivity index (χ0v) is 8.16. The van der Waals surface area contributed by atoms with Gasteiger partial charge >= 0.3 is 0 Å². The molecule has 0 aliphatic heterocycles. The van der Waals surface area contributed by atoms with Crippen molar-refractivity contribution in [1.82, 2.24) is 0 Å². The lowest BCUT2D eigenvalue weighted by Crippen LogP contribution is -2.04. The number of aliphatic imine (C=N–C) groups is 1. The van der Waals surface area contributed by atoms with Gasteiger partial charge in [-0.1, -0.05) is 30.3 Å². The van der Waals surface area contributed by atoms with E-state index in [0.29, 0.717) is 13.2 Å². The number of rotatable bonds is 4. The highest BCUT2D eigenvalue weighted by Crippen LogP contribution is 2.00. The summed E-state index contributed by atoms with van der Waals surface area (Å²) in [5.41, 5.74) is 2.22. The van der Waals surface area contributed by atoms with Gasteiger partial charge in [-0.3, -0.25) is 4.99 Å². The quantitative estimate of drug-likeness (QED) is 0.647. The first-order valence-electron chi connectivity index (χ1n) is 4.37. The molecular formula is C11H15NO. The average Bonchev–Trinajstić information content (AvgIpc) is 2.19. The van der Waals surface area contributed by atoms with Gasteiger partial charge in [-0.15, -0.1) is 0 Å². The third-order valence-corrected chi connectivity index (χ3v) is 1.80. The van der Waals surface area contributed by atoms with Gasteiger partial charge in [-0.2, -0.15) is 0 Å². The standard InChI is InChI=1S/C11H15NO/c1-10(12-2)8-13-9-11-6-4-3-5-7-11/h3-7H,8-9H2,1-2H3/b12-10-. The largest absolute Gasteiger partial charge is 0.371 e. The maximum atomic E-state index is 5.44. The fraction of sp³-hybridized carbons (Fsp3) is 0.364. The van der Waals surface area contributed by atoms with Crippen LogP contribution in [0, 0.1) is 0 Å². The molecule has 70 valence electrons. The number of nitrogens with zero attached hydrogens (tertiary/aromatic N) is 1. The van der Waals surface area contributed by atoms with Crippen LogP contribution in [0.15, 0.2) is 35.3 Å². The molecule has 1 aromatic rings. The van der Waals surface area contributed by atoms with Crippen LogP contribution >= 0.6 is 0 Å². The van der Waals surface area contributed by atoms with E-state index in [1.54, 1.807) is 7.05 Å². The summed E-state index contributed by atoms with van der Waals surface area (Å²) in [6.45, 7) is 3.24. The molecule has 0 radical (unpaired) electrons. The van der Waals surface area contributed by atoms with E-state index in [0.717, 1.165) is 5.71 Å². The van der Waals surface area contributed by atoms with E-state index >= 15 is 0 Å². The minimum Gasteiger partial charge on any atom is -0.371 e. The van der Waals surface area contributed by atoms with Gasteiger partial charge in [-0.25, -0.2) is 0 Å². The Bertz CT molecular complexity index is 267. The summed E-state index contributed by atoms with van der Waals surface area (Å²) in [6.07, 6.45) is 0. The van der Waals surface area contributed by atoms with Crippen LogP contribution in [0.2, 0.25) is 0 Å². The summed E-state index contributed by atoms with van der Waals surface area (Å²) < 4.78 is 5.44. The fourth-order valence-electron chi connectivity index (χ4n) is 0.955. The smallest absolute Gasteiger partial charge is 0.0845 e. The first-order chi connectivity index (χ1) is 6.33. The van der Waals surface area contributed by atoms with E-state index in [9.17, 15) is 0 Å². The lowest BCUT2D eigenvalue weighted by Gasteiger charge is -2.02. The summed E-state index contributed by atoms with van der Waals surface area (Å²) in [5, 5.41) is 0. The summed E-state index contributed by atoms with van der Waals surface area (Å²) in [7, 11) is 1.78. The molecule has 0 saturated carbocycles. The molecule has 0 aliphatic carbocycles. The first-order valence-corrected chi connectivity index (χ1v) is 4.37. The third kappa shape index (κ3) is 3.85. The van der Waals surface area contributed by atoms with Crippen molar-refractivity contribution < 1.29 is 4.74 Å². The van der Waals surface area contributed by atoms with Gasteiger partial charge in [-0.05, 0) is 12.5 Å². The highest BCUT2D eigenvalue weighted by molar-refractivity contribution is 5.82. The Hall–Kier alpha value is -1.15. The summed E-state index contributed by atoms with van der Waals surface area (Å²) in [4.78, 5) is 4.01. The van der Waals surface area contributed by atoms with Crippen molar-refractivity contribution in [2.45, 2.75) is 13.5 Å². The highest BCUT2D eigenvalue weighted by Gasteiger charge is 1.92. The van der Waals surface area contributed by atoms with Crippen molar-refractivity contribution in [1.29, 1.82) is 0 Å². The van der Waals surface area contributed by atoms with E-state index in [1.165, 1.54) is 5.56 Å². The van der Waals surface area contributed by atoms with Crippen LogP contribution in [0.4, 0.5) is 0 Å². The summed E-state index contributed by atoms with van der Waals surface area (Å²) in [5.74, 6) is 0. The molecule has 2 nitrogen and oxygen atoms in total. The topological polar surface area (TPSA) is 21.6 Å². The number of benzene rings is 1. The van der Waals surface area contributed by atoms with Crippen LogP contribution in [0.5, 0.6) is 0 Å². The lowest BCUT2D eigenvalue weighted by atomic mass is 10.2. The van der Waals surface area contributed by atoms with E-state index in [2.05, 4.69) is 17.1 Å². The lowest BCUT2D eigenvalue weighted by molar-refractivity contribution is 0.157. The molecule has 0 unspecified atom stereocenters. The Morgan fingerprint density at radius 3 is 2.62 bits per heavy atom. The Kier molecular flexibility index (Phi) is 4.19. The van der Waals surface area contributed by atoms with E-state index in [1.807, 2.05) is 25.1 Å². The molecule has 0 fully saturated rings. The Balaban J connectivity index is 2.28. The molecule has 1 rings (SSSR count). The molecular weight excluding hydrogens is 162 g/mol. The predicted octanol–water partition coefficient (Wildman–Crippen LogP) is 2.29. The van der Waals surface area contributed by atoms with Gasteiger partial charge in [0.15, 0.2) is 0 Å². The van der Waals surface area contributed by atoms with Gasteiger partial charge in [0, 0.05) is 12.8 Å². The van der Waals surface area contributed by atoms with Crippen molar-refractivity contribution >= 4 is 5.71 Å². The first kappa shape index (κ1) is 9.93. The van der Waals surface area contributed by atoms with Crippen LogP contribution < -0.4 is 0 Å². The van der Waals surface area contributed by atoms with Crippen molar-refractivity contribution in [3.63, 3.8) is 0 Å². The van der Waals surface area contributed by atoms with Crippen molar-refractivity contribution in [3.05, 3.63) is 35.9 Å². The van der Waals surface area contributed by atoms with Gasteiger partial charge in [0.2, 0.25) is 0 Å². The van der Waals surface area contributed by atoms with Gasteiger partial charge in [0.1, 0.15) is 0 Å².